The molecule has 0 amide bonds. The summed E-state index contributed by atoms with van der Waals surface area (Å²) in [6.07, 6.45) is 58.3. The van der Waals surface area contributed by atoms with Crippen LogP contribution in [-0.2, 0) is 14.3 Å². The molecule has 0 aromatic heterocycles. The maximum absolute atomic E-state index is 12.1. The first-order valence-corrected chi connectivity index (χ1v) is 18.1. The van der Waals surface area contributed by atoms with E-state index in [4.69, 9.17) is 9.47 Å². The summed E-state index contributed by atoms with van der Waals surface area (Å²) in [6.45, 7) is 4.92. The van der Waals surface area contributed by atoms with Crippen LogP contribution in [0.2, 0.25) is 0 Å². The van der Waals surface area contributed by atoms with Gasteiger partial charge in [-0.2, -0.15) is 0 Å². The highest BCUT2D eigenvalue weighted by atomic mass is 16.6. The van der Waals surface area contributed by atoms with Crippen LogP contribution in [-0.4, -0.2) is 37.0 Å². The van der Waals surface area contributed by atoms with E-state index in [1.807, 2.05) is 6.08 Å². The normalized spacial score (nSPS) is 13.9. The van der Waals surface area contributed by atoms with Gasteiger partial charge in [-0.15, -0.1) is 0 Å². The Morgan fingerprint density at radius 2 is 0.894 bits per heavy atom. The van der Waals surface area contributed by atoms with Gasteiger partial charge in [0.05, 0.1) is 13.2 Å². The molecule has 1 N–H and O–H groups in total. The Morgan fingerprint density at radius 3 is 1.30 bits per heavy atom. The third-order valence-corrected chi connectivity index (χ3v) is 6.80. The zero-order chi connectivity index (χ0) is 34.1. The maximum Gasteiger partial charge on any atom is 0.306 e. The van der Waals surface area contributed by atoms with Crippen molar-refractivity contribution in [3.63, 3.8) is 0 Å². The van der Waals surface area contributed by atoms with Crippen molar-refractivity contribution in [2.24, 2.45) is 0 Å². The molecular formula is C43H66O4. The average Bonchev–Trinajstić information content (AvgIpc) is 3.08. The number of aliphatic hydroxyl groups excluding tert-OH is 1. The first-order valence-electron chi connectivity index (χ1n) is 18.1. The summed E-state index contributed by atoms with van der Waals surface area (Å²) in [5.41, 5.74) is 0. The van der Waals surface area contributed by atoms with Gasteiger partial charge in [0.15, 0.2) is 0 Å². The van der Waals surface area contributed by atoms with Gasteiger partial charge in [0, 0.05) is 13.0 Å². The summed E-state index contributed by atoms with van der Waals surface area (Å²) in [4.78, 5) is 12.1. The maximum atomic E-state index is 12.1. The van der Waals surface area contributed by atoms with Gasteiger partial charge in [0.2, 0.25) is 0 Å². The molecule has 0 heterocycles. The fraction of sp³-hybridized carbons (Fsp3) is 0.512. The van der Waals surface area contributed by atoms with Crippen LogP contribution in [0.5, 0.6) is 0 Å². The van der Waals surface area contributed by atoms with Crippen LogP contribution in [0, 0.1) is 0 Å². The van der Waals surface area contributed by atoms with Gasteiger partial charge < -0.3 is 14.6 Å². The van der Waals surface area contributed by atoms with E-state index in [0.29, 0.717) is 19.4 Å². The lowest BCUT2D eigenvalue weighted by atomic mass is 10.2. The molecular weight excluding hydrogens is 580 g/mol. The summed E-state index contributed by atoms with van der Waals surface area (Å²) in [7, 11) is 0. The summed E-state index contributed by atoms with van der Waals surface area (Å²) in [5, 5.41) is 9.53. The number of allylic oxidation sites excluding steroid dienone is 20. The lowest BCUT2D eigenvalue weighted by molar-refractivity contribution is -0.154. The molecule has 0 spiro atoms. The standard InChI is InChI=1S/C43H66O4/c1-3-5-7-9-11-13-15-17-18-19-20-21-22-23-24-25-27-29-31-33-35-37-39-46-41-42(40-44)47-43(45)38-36-34-32-30-28-26-16-14-12-10-8-6-4-2/h5-8,11-14,17-18,20-21,23-24,26-29,32,34,42,44H,3-4,9-10,15-16,19,22,25,30-31,33,35-41H2,1-2H3/b7-5-,8-6-,13-11-,14-12-,18-17-,21-20-,24-23-,28-26-,29-27-,34-32-. The molecule has 0 aliphatic carbocycles. The number of rotatable bonds is 31. The number of carbonyl (C=O) groups is 1. The van der Waals surface area contributed by atoms with E-state index < -0.39 is 6.10 Å². The second-order valence-corrected chi connectivity index (χ2v) is 11.2. The minimum Gasteiger partial charge on any atom is -0.457 e. The molecule has 0 fully saturated rings. The predicted molar refractivity (Wildman–Crippen MR) is 204 cm³/mol. The monoisotopic (exact) mass is 646 g/mol. The Balaban J connectivity index is 3.69. The van der Waals surface area contributed by atoms with Crippen LogP contribution in [0.25, 0.3) is 0 Å². The van der Waals surface area contributed by atoms with E-state index in [0.717, 1.165) is 89.9 Å². The number of carbonyl (C=O) groups excluding carboxylic acids is 1. The second-order valence-electron chi connectivity index (χ2n) is 11.2. The zero-order valence-corrected chi connectivity index (χ0v) is 29.7. The minimum atomic E-state index is -0.598. The van der Waals surface area contributed by atoms with Crippen LogP contribution in [0.15, 0.2) is 122 Å². The first kappa shape index (κ1) is 43.8. The molecule has 0 saturated carbocycles. The molecule has 4 nitrogen and oxygen atoms in total. The van der Waals surface area contributed by atoms with Crippen LogP contribution < -0.4 is 0 Å². The molecule has 0 aromatic rings. The lowest BCUT2D eigenvalue weighted by Gasteiger charge is -2.15. The molecule has 0 saturated heterocycles. The number of esters is 1. The third-order valence-electron chi connectivity index (χ3n) is 6.80. The fourth-order valence-corrected chi connectivity index (χ4v) is 4.17. The smallest absolute Gasteiger partial charge is 0.306 e. The van der Waals surface area contributed by atoms with E-state index in [2.05, 4.69) is 129 Å². The second kappa shape index (κ2) is 39.0. The van der Waals surface area contributed by atoms with Crippen LogP contribution in [0.4, 0.5) is 0 Å². The van der Waals surface area contributed by atoms with E-state index in [-0.39, 0.29) is 19.2 Å². The molecule has 4 heteroatoms. The molecule has 0 aliphatic heterocycles. The number of unbranched alkanes of at least 4 members (excludes halogenated alkanes) is 3. The van der Waals surface area contributed by atoms with Crippen molar-refractivity contribution < 1.29 is 19.4 Å². The molecule has 0 bridgehead atoms. The van der Waals surface area contributed by atoms with E-state index in [1.54, 1.807) is 0 Å². The van der Waals surface area contributed by atoms with Crippen molar-refractivity contribution in [2.45, 2.75) is 123 Å². The van der Waals surface area contributed by atoms with E-state index >= 15 is 0 Å². The van der Waals surface area contributed by atoms with Crippen LogP contribution in [0.3, 0.4) is 0 Å². The molecule has 0 aromatic carbocycles. The molecule has 0 radical (unpaired) electrons. The number of ether oxygens (including phenoxy) is 2. The van der Waals surface area contributed by atoms with Crippen molar-refractivity contribution in [3.8, 4) is 0 Å². The fourth-order valence-electron chi connectivity index (χ4n) is 4.17. The Labute approximate surface area is 288 Å². The summed E-state index contributed by atoms with van der Waals surface area (Å²) >= 11 is 0. The lowest BCUT2D eigenvalue weighted by Crippen LogP contribution is -2.27. The summed E-state index contributed by atoms with van der Waals surface area (Å²) < 4.78 is 11.0. The van der Waals surface area contributed by atoms with Gasteiger partial charge in [0.1, 0.15) is 6.10 Å². The summed E-state index contributed by atoms with van der Waals surface area (Å²) in [5.74, 6) is -0.300. The Morgan fingerprint density at radius 1 is 0.511 bits per heavy atom. The van der Waals surface area contributed by atoms with Crippen molar-refractivity contribution in [1.82, 2.24) is 0 Å². The van der Waals surface area contributed by atoms with Crippen molar-refractivity contribution >= 4 is 5.97 Å². The number of hydrogen-bond donors (Lipinski definition) is 1. The highest BCUT2D eigenvalue weighted by molar-refractivity contribution is 5.69. The molecule has 262 valence electrons. The Hall–Kier alpha value is -3.21. The van der Waals surface area contributed by atoms with E-state index in [1.165, 1.54) is 0 Å². The largest absolute Gasteiger partial charge is 0.457 e. The van der Waals surface area contributed by atoms with Crippen LogP contribution in [0.1, 0.15) is 117 Å². The highest BCUT2D eigenvalue weighted by Crippen LogP contribution is 2.05. The van der Waals surface area contributed by atoms with Gasteiger partial charge in [-0.3, -0.25) is 4.79 Å². The molecule has 0 aliphatic rings. The highest BCUT2D eigenvalue weighted by Gasteiger charge is 2.13. The van der Waals surface area contributed by atoms with E-state index in [9.17, 15) is 9.90 Å². The quantitative estimate of drug-likeness (QED) is 0.0462. The van der Waals surface area contributed by atoms with Gasteiger partial charge in [-0.25, -0.2) is 0 Å². The Kier molecular flexibility index (Phi) is 36.3. The minimum absolute atomic E-state index is 0.224. The number of hydrogen-bond acceptors (Lipinski definition) is 4. The SMILES string of the molecule is CC/C=C\C/C=C\C/C=C\C/C=C\C/C=C\C/C=C\CCCCCOCC(CO)OC(=O)CC/C=C\C/C=C\C/C=C\C/C=C\CC. The third kappa shape index (κ3) is 37.1. The molecule has 47 heavy (non-hydrogen) atoms. The zero-order valence-electron chi connectivity index (χ0n) is 29.7. The number of aliphatic hydroxyl groups is 1. The summed E-state index contributed by atoms with van der Waals surface area (Å²) in [6, 6.07) is 0. The molecule has 0 rings (SSSR count). The van der Waals surface area contributed by atoms with Crippen LogP contribution >= 0.6 is 0 Å². The topological polar surface area (TPSA) is 55.8 Å². The van der Waals surface area contributed by atoms with Crippen molar-refractivity contribution in [1.29, 1.82) is 0 Å². The first-order chi connectivity index (χ1) is 23.2. The van der Waals surface area contributed by atoms with Gasteiger partial charge in [-0.1, -0.05) is 142 Å². The van der Waals surface area contributed by atoms with Gasteiger partial charge in [0.25, 0.3) is 0 Å². The van der Waals surface area contributed by atoms with Crippen molar-refractivity contribution in [3.05, 3.63) is 122 Å². The van der Waals surface area contributed by atoms with Crippen molar-refractivity contribution in [2.75, 3.05) is 19.8 Å². The molecule has 1 atom stereocenters. The Bertz CT molecular complexity index is 987. The van der Waals surface area contributed by atoms with Gasteiger partial charge in [-0.05, 0) is 89.9 Å². The average molecular weight is 647 g/mol. The predicted octanol–water partition coefficient (Wildman–Crippen LogP) is 11.8. The van der Waals surface area contributed by atoms with Gasteiger partial charge >= 0.3 is 5.97 Å². The molecule has 1 unspecified atom stereocenters.